The fourth-order valence-corrected chi connectivity index (χ4v) is 3.89. The van der Waals surface area contributed by atoms with E-state index in [2.05, 4.69) is 13.8 Å². The van der Waals surface area contributed by atoms with E-state index in [1.54, 1.807) is 5.06 Å². The van der Waals surface area contributed by atoms with Gasteiger partial charge in [0.15, 0.2) is 6.10 Å². The molecule has 2 amide bonds. The first kappa shape index (κ1) is 17.7. The Kier molecular flexibility index (Phi) is 4.44. The maximum Gasteiger partial charge on any atom is 0.266 e. The van der Waals surface area contributed by atoms with E-state index in [1.807, 2.05) is 30.3 Å². The number of hydrogen-bond acceptors (Lipinski definition) is 4. The van der Waals surface area contributed by atoms with Crippen molar-refractivity contribution in [1.29, 1.82) is 0 Å². The van der Waals surface area contributed by atoms with Gasteiger partial charge in [-0.3, -0.25) is 14.4 Å². The van der Waals surface area contributed by atoms with Gasteiger partial charge in [0.05, 0.1) is 23.3 Å². The highest BCUT2D eigenvalue weighted by Gasteiger charge is 2.59. The summed E-state index contributed by atoms with van der Waals surface area (Å²) in [5.74, 6) is -1.36. The number of rotatable bonds is 4. The first-order valence-corrected chi connectivity index (χ1v) is 9.12. The van der Waals surface area contributed by atoms with E-state index in [9.17, 15) is 14.0 Å². The monoisotopic (exact) mass is 368 g/mol. The van der Waals surface area contributed by atoms with Crippen molar-refractivity contribution in [2.75, 3.05) is 9.96 Å². The number of hydrogen-bond donors (Lipinski definition) is 0. The molecule has 4 rings (SSSR count). The molecule has 0 saturated carbocycles. The van der Waals surface area contributed by atoms with Crippen molar-refractivity contribution in [3.05, 3.63) is 60.4 Å². The molecule has 0 N–H and O–H groups in total. The zero-order valence-electron chi connectivity index (χ0n) is 15.2. The summed E-state index contributed by atoms with van der Waals surface area (Å²) in [5, 5.41) is 1.72. The van der Waals surface area contributed by atoms with Crippen LogP contribution in [0.15, 0.2) is 54.6 Å². The highest BCUT2D eigenvalue weighted by molar-refractivity contribution is 6.23. The average molecular weight is 368 g/mol. The summed E-state index contributed by atoms with van der Waals surface area (Å²) in [4.78, 5) is 33.2. The molecule has 3 atom stereocenters. The third-order valence-corrected chi connectivity index (χ3v) is 5.05. The quantitative estimate of drug-likeness (QED) is 0.775. The zero-order valence-corrected chi connectivity index (χ0v) is 15.2. The van der Waals surface area contributed by atoms with Crippen LogP contribution in [0.5, 0.6) is 0 Å². The molecule has 2 aromatic rings. The van der Waals surface area contributed by atoms with Gasteiger partial charge < -0.3 is 0 Å². The number of amides is 2. The normalized spacial score (nSPS) is 24.8. The van der Waals surface area contributed by atoms with Crippen LogP contribution in [-0.2, 0) is 14.4 Å². The number of imide groups is 1. The summed E-state index contributed by atoms with van der Waals surface area (Å²) in [5.41, 5.74) is 1.20. The van der Waals surface area contributed by atoms with Crippen LogP contribution in [0.25, 0.3) is 0 Å². The number of hydroxylamine groups is 1. The lowest BCUT2D eigenvalue weighted by atomic mass is 9.90. The number of carbonyl (C=O) groups excluding carboxylic acids is 2. The van der Waals surface area contributed by atoms with E-state index in [0.717, 1.165) is 10.6 Å². The summed E-state index contributed by atoms with van der Waals surface area (Å²) in [6, 6.07) is 14.6. The standard InChI is InChI=1S/C21H21FN2O3/c1-13(2)12-17-18-19(27-24(17)16-6-4-3-5-7-16)21(26)23(20(18)25)15-10-8-14(22)9-11-15/h3-11,13,17-19H,12H2,1-2H3/t17-,18+,19-/m0/s1. The van der Waals surface area contributed by atoms with Gasteiger partial charge in [0, 0.05) is 0 Å². The van der Waals surface area contributed by atoms with Crippen LogP contribution in [-0.4, -0.2) is 24.0 Å². The van der Waals surface area contributed by atoms with Crippen LogP contribution in [0, 0.1) is 17.7 Å². The lowest BCUT2D eigenvalue weighted by molar-refractivity contribution is -0.126. The van der Waals surface area contributed by atoms with Crippen molar-refractivity contribution in [1.82, 2.24) is 0 Å². The number of benzene rings is 2. The number of nitrogens with zero attached hydrogens (tertiary/aromatic N) is 2. The van der Waals surface area contributed by atoms with Gasteiger partial charge in [-0.25, -0.2) is 14.4 Å². The van der Waals surface area contributed by atoms with E-state index < -0.39 is 23.7 Å². The van der Waals surface area contributed by atoms with E-state index in [-0.39, 0.29) is 11.9 Å². The van der Waals surface area contributed by atoms with Gasteiger partial charge in [0.25, 0.3) is 5.91 Å². The van der Waals surface area contributed by atoms with E-state index in [1.165, 1.54) is 24.3 Å². The highest BCUT2D eigenvalue weighted by Crippen LogP contribution is 2.42. The van der Waals surface area contributed by atoms with Crippen LogP contribution in [0.4, 0.5) is 15.8 Å². The molecule has 0 spiro atoms. The van der Waals surface area contributed by atoms with Gasteiger partial charge in [-0.2, -0.15) is 0 Å². The Bertz CT molecular complexity index is 853. The third kappa shape index (κ3) is 3.00. The van der Waals surface area contributed by atoms with Gasteiger partial charge >= 0.3 is 0 Å². The molecule has 0 unspecified atom stereocenters. The third-order valence-electron chi connectivity index (χ3n) is 5.05. The minimum absolute atomic E-state index is 0.237. The lowest BCUT2D eigenvalue weighted by Crippen LogP contribution is -2.41. The maximum atomic E-state index is 13.2. The molecule has 140 valence electrons. The van der Waals surface area contributed by atoms with Crippen molar-refractivity contribution in [3.63, 3.8) is 0 Å². The van der Waals surface area contributed by atoms with Crippen LogP contribution >= 0.6 is 0 Å². The van der Waals surface area contributed by atoms with E-state index >= 15 is 0 Å². The summed E-state index contributed by atoms with van der Waals surface area (Å²) < 4.78 is 13.2. The predicted octanol–water partition coefficient (Wildman–Crippen LogP) is 3.55. The number of halogens is 1. The molecular formula is C21H21FN2O3. The minimum atomic E-state index is -0.855. The second-order valence-corrected chi connectivity index (χ2v) is 7.40. The molecule has 0 aliphatic carbocycles. The number of para-hydroxylation sites is 1. The number of carbonyl (C=O) groups is 2. The largest absolute Gasteiger partial charge is 0.273 e. The Morgan fingerprint density at radius 2 is 1.63 bits per heavy atom. The maximum absolute atomic E-state index is 13.2. The van der Waals surface area contributed by atoms with Crippen molar-refractivity contribution < 1.29 is 18.8 Å². The van der Waals surface area contributed by atoms with Crippen LogP contribution in [0.3, 0.4) is 0 Å². The lowest BCUT2D eigenvalue weighted by Gasteiger charge is -2.29. The minimum Gasteiger partial charge on any atom is -0.273 e. The first-order valence-electron chi connectivity index (χ1n) is 9.12. The fourth-order valence-electron chi connectivity index (χ4n) is 3.89. The van der Waals surface area contributed by atoms with Crippen LogP contribution in [0.1, 0.15) is 20.3 Å². The SMILES string of the molecule is CC(C)C[C@H]1[C@H]2C(=O)N(c3ccc(F)cc3)C(=O)[C@H]2ON1c1ccccc1. The van der Waals surface area contributed by atoms with Crippen molar-refractivity contribution in [3.8, 4) is 0 Å². The molecule has 0 bridgehead atoms. The van der Waals surface area contributed by atoms with Crippen molar-refractivity contribution in [2.24, 2.45) is 11.8 Å². The molecular weight excluding hydrogens is 347 g/mol. The Labute approximate surface area is 157 Å². The van der Waals surface area contributed by atoms with Crippen LogP contribution in [0.2, 0.25) is 0 Å². The summed E-state index contributed by atoms with van der Waals surface area (Å²) in [7, 11) is 0. The summed E-state index contributed by atoms with van der Waals surface area (Å²) in [6.45, 7) is 4.16. The molecule has 27 heavy (non-hydrogen) atoms. The molecule has 0 radical (unpaired) electrons. The molecule has 0 aromatic heterocycles. The van der Waals surface area contributed by atoms with Gasteiger partial charge in [-0.05, 0) is 48.7 Å². The Morgan fingerprint density at radius 3 is 2.26 bits per heavy atom. The molecule has 2 aromatic carbocycles. The first-order chi connectivity index (χ1) is 13.0. The number of anilines is 2. The second-order valence-electron chi connectivity index (χ2n) is 7.40. The summed E-state index contributed by atoms with van der Waals surface area (Å²) in [6.07, 6.45) is -0.140. The Morgan fingerprint density at radius 1 is 0.963 bits per heavy atom. The molecule has 2 heterocycles. The zero-order chi connectivity index (χ0) is 19.1. The van der Waals surface area contributed by atoms with Gasteiger partial charge in [-0.15, -0.1) is 0 Å². The average Bonchev–Trinajstić information content (AvgIpc) is 3.13. The van der Waals surface area contributed by atoms with Crippen molar-refractivity contribution in [2.45, 2.75) is 32.4 Å². The summed E-state index contributed by atoms with van der Waals surface area (Å²) >= 11 is 0. The number of fused-ring (bicyclic) bond motifs is 1. The fraction of sp³-hybridized carbons (Fsp3) is 0.333. The second kappa shape index (κ2) is 6.78. The molecule has 2 fully saturated rings. The predicted molar refractivity (Wildman–Crippen MR) is 99.4 cm³/mol. The molecule has 2 saturated heterocycles. The van der Waals surface area contributed by atoms with Gasteiger partial charge in [0.1, 0.15) is 5.82 Å². The van der Waals surface area contributed by atoms with Gasteiger partial charge in [-0.1, -0.05) is 32.0 Å². The van der Waals surface area contributed by atoms with Crippen LogP contribution < -0.4 is 9.96 Å². The van der Waals surface area contributed by atoms with Gasteiger partial charge in [0.2, 0.25) is 5.91 Å². The molecule has 2 aliphatic heterocycles. The molecule has 2 aliphatic rings. The Balaban J connectivity index is 1.69. The highest BCUT2D eigenvalue weighted by atomic mass is 19.1. The Hall–Kier alpha value is -2.73. The van der Waals surface area contributed by atoms with Crippen molar-refractivity contribution >= 4 is 23.2 Å². The van der Waals surface area contributed by atoms with E-state index in [0.29, 0.717) is 18.0 Å². The topological polar surface area (TPSA) is 49.9 Å². The molecule has 5 nitrogen and oxygen atoms in total. The molecule has 6 heteroatoms. The smallest absolute Gasteiger partial charge is 0.266 e. The van der Waals surface area contributed by atoms with E-state index in [4.69, 9.17) is 4.84 Å².